The molecular weight excluding hydrogens is 288 g/mol. The quantitative estimate of drug-likeness (QED) is 0.602. The van der Waals surface area contributed by atoms with Gasteiger partial charge in [-0.15, -0.1) is 0 Å². The van der Waals surface area contributed by atoms with E-state index in [4.69, 9.17) is 20.6 Å². The zero-order chi connectivity index (χ0) is 14.4. The monoisotopic (exact) mass is 305 g/mol. The second-order valence-electron chi connectivity index (χ2n) is 4.50. The van der Waals surface area contributed by atoms with Crippen molar-refractivity contribution in [2.75, 3.05) is 14.2 Å². The molecule has 20 heavy (non-hydrogen) atoms. The van der Waals surface area contributed by atoms with Crippen molar-refractivity contribution in [3.63, 3.8) is 0 Å². The summed E-state index contributed by atoms with van der Waals surface area (Å²) in [4.78, 5) is 0. The molecule has 0 aromatic heterocycles. The fourth-order valence-corrected chi connectivity index (χ4v) is 4.97. The first-order chi connectivity index (χ1) is 9.77. The third-order valence-corrected chi connectivity index (χ3v) is 6.23. The van der Waals surface area contributed by atoms with Crippen molar-refractivity contribution in [2.24, 2.45) is 0 Å². The van der Waals surface area contributed by atoms with Gasteiger partial charge in [0, 0.05) is 14.2 Å². The molecule has 2 rings (SSSR count). The number of rotatable bonds is 6. The molecule has 2 aromatic rings. The average molecular weight is 306 g/mol. The molecule has 0 aliphatic rings. The van der Waals surface area contributed by atoms with E-state index in [1.54, 1.807) is 14.2 Å². The maximum atomic E-state index is 6.80. The maximum absolute atomic E-state index is 6.80. The molecule has 0 heterocycles. The molecule has 0 atom stereocenters. The lowest BCUT2D eigenvalue weighted by Gasteiger charge is -2.17. The van der Waals surface area contributed by atoms with Gasteiger partial charge in [0.25, 0.3) is 0 Å². The fraction of sp³-hybridized carbons (Fsp3) is 0.250. The first-order valence-electron chi connectivity index (χ1n) is 6.44. The van der Waals surface area contributed by atoms with Gasteiger partial charge in [-0.1, -0.05) is 48.5 Å². The second-order valence-corrected chi connectivity index (χ2v) is 7.34. The van der Waals surface area contributed by atoms with E-state index < -0.39 is 8.11 Å². The van der Waals surface area contributed by atoms with E-state index in [1.165, 1.54) is 10.4 Å². The van der Waals surface area contributed by atoms with Crippen LogP contribution in [0.5, 0.6) is 0 Å². The zero-order valence-electron chi connectivity index (χ0n) is 11.7. The van der Waals surface area contributed by atoms with Crippen LogP contribution in [0.15, 0.2) is 48.5 Å². The van der Waals surface area contributed by atoms with Crippen LogP contribution in [0, 0.1) is 0 Å². The Kier molecular flexibility index (Phi) is 5.80. The molecule has 1 radical (unpaired) electrons. The van der Waals surface area contributed by atoms with Gasteiger partial charge in [0.1, 0.15) is 0 Å². The van der Waals surface area contributed by atoms with Crippen molar-refractivity contribution in [1.82, 2.24) is 0 Å². The van der Waals surface area contributed by atoms with Crippen LogP contribution in [0.3, 0.4) is 0 Å². The molecule has 0 saturated carbocycles. The topological polar surface area (TPSA) is 18.5 Å². The summed E-state index contributed by atoms with van der Waals surface area (Å²) >= 11 is 6.80. The summed E-state index contributed by atoms with van der Waals surface area (Å²) < 4.78 is 10.6. The summed E-state index contributed by atoms with van der Waals surface area (Å²) in [5.41, 5.74) is 2.30. The average Bonchev–Trinajstić information content (AvgIpc) is 2.48. The molecule has 0 N–H and O–H groups in total. The molecule has 0 fully saturated rings. The Bertz CT molecular complexity index is 521. The predicted molar refractivity (Wildman–Crippen MR) is 85.2 cm³/mol. The number of hydrogen-bond acceptors (Lipinski definition) is 2. The van der Waals surface area contributed by atoms with Crippen LogP contribution in [-0.4, -0.2) is 22.3 Å². The van der Waals surface area contributed by atoms with Gasteiger partial charge in [-0.05, 0) is 21.5 Å². The summed E-state index contributed by atoms with van der Waals surface area (Å²) in [6.45, 7) is 1.14. The molecule has 0 aliphatic heterocycles. The Morgan fingerprint density at radius 3 is 1.90 bits per heavy atom. The third kappa shape index (κ3) is 3.49. The maximum Gasteiger partial charge on any atom is 0.234 e. The Morgan fingerprint density at radius 2 is 1.40 bits per heavy atom. The van der Waals surface area contributed by atoms with Crippen LogP contribution in [0.25, 0.3) is 0 Å². The molecule has 0 saturated heterocycles. The van der Waals surface area contributed by atoms with E-state index in [-0.39, 0.29) is 0 Å². The van der Waals surface area contributed by atoms with Gasteiger partial charge in [-0.2, -0.15) is 11.1 Å². The molecule has 0 aliphatic carbocycles. The highest BCUT2D eigenvalue weighted by Gasteiger charge is 2.21. The minimum absolute atomic E-state index is 0.570. The molecule has 0 bridgehead atoms. The van der Waals surface area contributed by atoms with Crippen LogP contribution < -0.4 is 10.4 Å². The summed E-state index contributed by atoms with van der Waals surface area (Å²) in [6, 6.07) is 16.4. The van der Waals surface area contributed by atoms with Crippen molar-refractivity contribution < 1.29 is 9.47 Å². The predicted octanol–water partition coefficient (Wildman–Crippen LogP) is 2.32. The first kappa shape index (κ1) is 15.3. The summed E-state index contributed by atoms with van der Waals surface area (Å²) in [5, 5.41) is 2.37. The fourth-order valence-electron chi connectivity index (χ4n) is 2.22. The van der Waals surface area contributed by atoms with Crippen molar-refractivity contribution in [3.8, 4) is 0 Å². The zero-order valence-corrected chi connectivity index (χ0v) is 13.5. The molecule has 0 unspecified atom stereocenters. The van der Waals surface area contributed by atoms with Crippen LogP contribution in [0.4, 0.5) is 0 Å². The Labute approximate surface area is 126 Å². The number of hydrogen-bond donors (Lipinski definition) is 0. The van der Waals surface area contributed by atoms with Crippen molar-refractivity contribution in [1.29, 1.82) is 0 Å². The molecule has 105 valence electrons. The largest absolute Gasteiger partial charge is 0.380 e. The van der Waals surface area contributed by atoms with E-state index in [0.717, 1.165) is 11.1 Å². The number of benzene rings is 2. The van der Waals surface area contributed by atoms with Crippen LogP contribution in [-0.2, 0) is 22.7 Å². The molecule has 0 spiro atoms. The molecule has 0 amide bonds. The van der Waals surface area contributed by atoms with Gasteiger partial charge in [-0.25, -0.2) is 0 Å². The molecule has 4 heteroatoms. The Hall–Kier alpha value is -1.13. The highest BCUT2D eigenvalue weighted by molar-refractivity contribution is 7.21. The lowest BCUT2D eigenvalue weighted by Crippen LogP contribution is -2.41. The lowest BCUT2D eigenvalue weighted by atomic mass is 10.1. The smallest absolute Gasteiger partial charge is 0.234 e. The van der Waals surface area contributed by atoms with E-state index >= 15 is 0 Å². The number of ether oxygens (including phenoxy) is 2. The highest BCUT2D eigenvalue weighted by Crippen LogP contribution is 2.09. The van der Waals surface area contributed by atoms with Crippen molar-refractivity contribution in [2.45, 2.75) is 13.2 Å². The van der Waals surface area contributed by atoms with Gasteiger partial charge in [0.05, 0.1) is 13.2 Å². The number of halogens is 1. The van der Waals surface area contributed by atoms with Gasteiger partial charge < -0.3 is 9.47 Å². The minimum atomic E-state index is -1.34. The standard InChI is InChI=1S/C16H18ClO2Si/c1-18-11-13-7-6-8-14(12-19-2)16(13)20(17)15-9-4-3-5-10-15/h3-10H,11-12H2,1-2H3. The Balaban J connectivity index is 2.46. The second kappa shape index (κ2) is 7.60. The van der Waals surface area contributed by atoms with Crippen molar-refractivity contribution >= 4 is 29.6 Å². The van der Waals surface area contributed by atoms with Gasteiger partial charge in [0.15, 0.2) is 0 Å². The lowest BCUT2D eigenvalue weighted by molar-refractivity contribution is 0.181. The van der Waals surface area contributed by atoms with Crippen LogP contribution in [0.1, 0.15) is 11.1 Å². The molecule has 2 nitrogen and oxygen atoms in total. The van der Waals surface area contributed by atoms with E-state index in [1.807, 2.05) is 24.3 Å². The first-order valence-corrected chi connectivity index (χ1v) is 8.96. The highest BCUT2D eigenvalue weighted by atomic mass is 35.6. The van der Waals surface area contributed by atoms with Gasteiger partial charge >= 0.3 is 0 Å². The van der Waals surface area contributed by atoms with E-state index in [9.17, 15) is 0 Å². The van der Waals surface area contributed by atoms with Crippen LogP contribution >= 0.6 is 11.1 Å². The SMILES string of the molecule is COCc1cccc(COC)c1[Si](Cl)c1ccccc1. The van der Waals surface area contributed by atoms with Gasteiger partial charge in [-0.3, -0.25) is 0 Å². The van der Waals surface area contributed by atoms with E-state index in [0.29, 0.717) is 13.2 Å². The number of methoxy groups -OCH3 is 2. The van der Waals surface area contributed by atoms with Crippen LogP contribution in [0.2, 0.25) is 0 Å². The Morgan fingerprint density at radius 1 is 0.850 bits per heavy atom. The summed E-state index contributed by atoms with van der Waals surface area (Å²) in [7, 11) is 2.07. The minimum Gasteiger partial charge on any atom is -0.380 e. The van der Waals surface area contributed by atoms with Crippen molar-refractivity contribution in [3.05, 3.63) is 59.7 Å². The van der Waals surface area contributed by atoms with Gasteiger partial charge in [0.2, 0.25) is 8.11 Å². The third-order valence-electron chi connectivity index (χ3n) is 3.08. The normalized spacial score (nSPS) is 11.0. The summed E-state index contributed by atoms with van der Waals surface area (Å²) in [5.74, 6) is 0. The van der Waals surface area contributed by atoms with E-state index in [2.05, 4.69) is 24.3 Å². The molecule has 2 aromatic carbocycles. The molecular formula is C16H18ClO2Si. The summed E-state index contributed by atoms with van der Waals surface area (Å²) in [6.07, 6.45) is 0.